The Morgan fingerprint density at radius 1 is 0.500 bits per heavy atom. The Balaban J connectivity index is 1.88. The Morgan fingerprint density at radius 2 is 1.13 bits per heavy atom. The molecule has 144 valence electrons. The fraction of sp³-hybridized carbons (Fsp3) is 0. The number of hydrogen-bond acceptors (Lipinski definition) is 2. The van der Waals surface area contributed by atoms with E-state index in [0.717, 1.165) is 32.3 Å². The highest BCUT2D eigenvalue weighted by atomic mass is 32.2. The summed E-state index contributed by atoms with van der Waals surface area (Å²) >= 11 is 0. The molecule has 1 heterocycles. The van der Waals surface area contributed by atoms with Gasteiger partial charge in [0.1, 0.15) is 0 Å². The van der Waals surface area contributed by atoms with Crippen molar-refractivity contribution in [2.24, 2.45) is 0 Å². The second kappa shape index (κ2) is 6.18. The zero-order valence-electron chi connectivity index (χ0n) is 16.0. The summed E-state index contributed by atoms with van der Waals surface area (Å²) in [5.41, 5.74) is 1.39. The molecular weight excluding hydrogens is 390 g/mol. The van der Waals surface area contributed by atoms with Gasteiger partial charge in [-0.1, -0.05) is 78.9 Å². The van der Waals surface area contributed by atoms with Crippen LogP contribution in [0.4, 0.5) is 0 Å². The summed E-state index contributed by atoms with van der Waals surface area (Å²) in [6, 6.07) is 32.8. The van der Waals surface area contributed by atoms with Gasteiger partial charge in [0.25, 0.3) is 10.0 Å². The minimum absolute atomic E-state index is 0.283. The highest BCUT2D eigenvalue weighted by Crippen LogP contribution is 2.39. The number of para-hydroxylation sites is 1. The fourth-order valence-electron chi connectivity index (χ4n) is 4.48. The first-order valence-corrected chi connectivity index (χ1v) is 11.2. The number of nitrogens with zero attached hydrogens (tertiary/aromatic N) is 1. The van der Waals surface area contributed by atoms with Crippen molar-refractivity contribution in [3.05, 3.63) is 103 Å². The SMILES string of the molecule is O=S(=O)(c1ccccc1)n1c2ccccc2c2c3c(ccc4ccccc43)ccc21. The number of fused-ring (bicyclic) bond motifs is 7. The van der Waals surface area contributed by atoms with Crippen molar-refractivity contribution < 1.29 is 8.42 Å². The Hall–Kier alpha value is -3.63. The molecule has 30 heavy (non-hydrogen) atoms. The molecule has 0 amide bonds. The highest BCUT2D eigenvalue weighted by Gasteiger charge is 2.24. The van der Waals surface area contributed by atoms with Crippen LogP contribution in [0.3, 0.4) is 0 Å². The van der Waals surface area contributed by atoms with Crippen molar-refractivity contribution in [2.45, 2.75) is 4.90 Å². The maximum Gasteiger partial charge on any atom is 0.268 e. The van der Waals surface area contributed by atoms with E-state index in [1.807, 2.05) is 54.6 Å². The van der Waals surface area contributed by atoms with Gasteiger partial charge in [-0.05, 0) is 45.8 Å². The average Bonchev–Trinajstić information content (AvgIpc) is 3.14. The maximum atomic E-state index is 13.7. The van der Waals surface area contributed by atoms with E-state index in [9.17, 15) is 8.42 Å². The molecular formula is C26H17NO2S. The van der Waals surface area contributed by atoms with Crippen LogP contribution in [0.25, 0.3) is 43.4 Å². The monoisotopic (exact) mass is 407 g/mol. The van der Waals surface area contributed by atoms with E-state index in [-0.39, 0.29) is 4.90 Å². The topological polar surface area (TPSA) is 39.1 Å². The van der Waals surface area contributed by atoms with Crippen LogP contribution in [0.5, 0.6) is 0 Å². The van der Waals surface area contributed by atoms with E-state index < -0.39 is 10.0 Å². The summed E-state index contributed by atoms with van der Waals surface area (Å²) in [4.78, 5) is 0.283. The van der Waals surface area contributed by atoms with Crippen molar-refractivity contribution in [3.8, 4) is 0 Å². The van der Waals surface area contributed by atoms with Crippen LogP contribution in [-0.4, -0.2) is 12.4 Å². The minimum Gasteiger partial charge on any atom is -0.233 e. The quantitative estimate of drug-likeness (QED) is 0.314. The van der Waals surface area contributed by atoms with E-state index in [2.05, 4.69) is 24.3 Å². The lowest BCUT2D eigenvalue weighted by molar-refractivity contribution is 0.590. The highest BCUT2D eigenvalue weighted by molar-refractivity contribution is 7.90. The van der Waals surface area contributed by atoms with E-state index in [1.165, 1.54) is 3.97 Å². The number of aromatic nitrogens is 1. The molecule has 1 aromatic heterocycles. The average molecular weight is 407 g/mol. The predicted molar refractivity (Wildman–Crippen MR) is 123 cm³/mol. The normalized spacial score (nSPS) is 12.3. The number of benzene rings is 5. The third-order valence-corrected chi connectivity index (χ3v) is 7.52. The van der Waals surface area contributed by atoms with Crippen LogP contribution in [0.2, 0.25) is 0 Å². The summed E-state index contributed by atoms with van der Waals surface area (Å²) in [5.74, 6) is 0. The van der Waals surface area contributed by atoms with Gasteiger partial charge in [0.2, 0.25) is 0 Å². The molecule has 0 radical (unpaired) electrons. The van der Waals surface area contributed by atoms with Crippen LogP contribution in [0.15, 0.2) is 108 Å². The van der Waals surface area contributed by atoms with Crippen LogP contribution < -0.4 is 0 Å². The number of hydrogen-bond donors (Lipinski definition) is 0. The molecule has 0 fully saturated rings. The minimum atomic E-state index is -3.75. The van der Waals surface area contributed by atoms with Crippen molar-refractivity contribution in [1.82, 2.24) is 3.97 Å². The van der Waals surface area contributed by atoms with Gasteiger partial charge in [-0.25, -0.2) is 12.4 Å². The van der Waals surface area contributed by atoms with Gasteiger partial charge < -0.3 is 0 Å². The lowest BCUT2D eigenvalue weighted by Gasteiger charge is -2.10. The largest absolute Gasteiger partial charge is 0.268 e. The Bertz CT molecular complexity index is 1700. The molecule has 6 rings (SSSR count). The summed E-state index contributed by atoms with van der Waals surface area (Å²) < 4.78 is 28.9. The van der Waals surface area contributed by atoms with E-state index in [1.54, 1.807) is 24.3 Å². The standard InChI is InChI=1S/C26H17NO2S/c28-30(29,20-9-2-1-3-10-20)27-23-13-7-6-12-22(23)26-24(27)17-16-19-15-14-18-8-4-5-11-21(18)25(19)26/h1-17H. The summed E-state index contributed by atoms with van der Waals surface area (Å²) in [7, 11) is -3.75. The molecule has 0 aliphatic heterocycles. The second-order valence-electron chi connectivity index (χ2n) is 7.44. The maximum absolute atomic E-state index is 13.7. The van der Waals surface area contributed by atoms with Crippen molar-refractivity contribution in [2.75, 3.05) is 0 Å². The lowest BCUT2D eigenvalue weighted by atomic mass is 9.97. The van der Waals surface area contributed by atoms with Crippen LogP contribution in [0.1, 0.15) is 0 Å². The molecule has 6 aromatic rings. The third-order valence-electron chi connectivity index (χ3n) is 5.78. The summed E-state index contributed by atoms with van der Waals surface area (Å²) in [6.07, 6.45) is 0. The molecule has 0 unspecified atom stereocenters. The smallest absolute Gasteiger partial charge is 0.233 e. The fourth-order valence-corrected chi connectivity index (χ4v) is 6.02. The lowest BCUT2D eigenvalue weighted by Crippen LogP contribution is -2.12. The molecule has 0 saturated heterocycles. The van der Waals surface area contributed by atoms with Gasteiger partial charge in [0.05, 0.1) is 15.9 Å². The molecule has 0 bridgehead atoms. The Labute approximate surface area is 173 Å². The Morgan fingerprint density at radius 3 is 1.97 bits per heavy atom. The van der Waals surface area contributed by atoms with Crippen LogP contribution in [0, 0.1) is 0 Å². The first-order chi connectivity index (χ1) is 14.7. The van der Waals surface area contributed by atoms with Crippen LogP contribution >= 0.6 is 0 Å². The molecule has 0 spiro atoms. The van der Waals surface area contributed by atoms with Gasteiger partial charge in [0.15, 0.2) is 0 Å². The van der Waals surface area contributed by atoms with E-state index in [0.29, 0.717) is 11.0 Å². The predicted octanol–water partition coefficient (Wildman–Crippen LogP) is 6.34. The molecule has 0 saturated carbocycles. The molecule has 3 nitrogen and oxygen atoms in total. The zero-order valence-corrected chi connectivity index (χ0v) is 16.8. The number of rotatable bonds is 2. The first kappa shape index (κ1) is 17.2. The van der Waals surface area contributed by atoms with Gasteiger partial charge in [-0.3, -0.25) is 0 Å². The molecule has 0 N–H and O–H groups in total. The second-order valence-corrected chi connectivity index (χ2v) is 9.23. The van der Waals surface area contributed by atoms with Gasteiger partial charge in [0, 0.05) is 10.8 Å². The molecule has 0 atom stereocenters. The van der Waals surface area contributed by atoms with Gasteiger partial charge in [-0.15, -0.1) is 0 Å². The van der Waals surface area contributed by atoms with Gasteiger partial charge >= 0.3 is 0 Å². The van der Waals surface area contributed by atoms with E-state index >= 15 is 0 Å². The zero-order chi connectivity index (χ0) is 20.3. The first-order valence-electron chi connectivity index (χ1n) is 9.80. The molecule has 5 aromatic carbocycles. The van der Waals surface area contributed by atoms with E-state index in [4.69, 9.17) is 0 Å². The van der Waals surface area contributed by atoms with Gasteiger partial charge in [-0.2, -0.15) is 0 Å². The molecule has 4 heteroatoms. The third kappa shape index (κ3) is 2.28. The van der Waals surface area contributed by atoms with Crippen molar-refractivity contribution in [3.63, 3.8) is 0 Å². The molecule has 0 aliphatic carbocycles. The molecule has 0 aliphatic rings. The van der Waals surface area contributed by atoms with Crippen LogP contribution in [-0.2, 0) is 10.0 Å². The van der Waals surface area contributed by atoms with Crippen molar-refractivity contribution >= 4 is 53.4 Å². The summed E-state index contributed by atoms with van der Waals surface area (Å²) in [5, 5.41) is 6.36. The van der Waals surface area contributed by atoms with Crippen molar-refractivity contribution in [1.29, 1.82) is 0 Å². The summed E-state index contributed by atoms with van der Waals surface area (Å²) in [6.45, 7) is 0. The Kier molecular flexibility index (Phi) is 3.55.